The molecule has 1 heterocycles. The first-order chi connectivity index (χ1) is 12.6. The van der Waals surface area contributed by atoms with E-state index in [0.29, 0.717) is 32.8 Å². The minimum atomic E-state index is -0.147. The number of anilines is 1. The summed E-state index contributed by atoms with van der Waals surface area (Å²) in [5.74, 6) is 0.804. The lowest BCUT2D eigenvalue weighted by Gasteiger charge is -2.34. The van der Waals surface area contributed by atoms with Gasteiger partial charge in [-0.15, -0.1) is 0 Å². The minimum absolute atomic E-state index is 0.0520. The van der Waals surface area contributed by atoms with Gasteiger partial charge >= 0.3 is 6.03 Å². The number of hydrogen-bond acceptors (Lipinski definition) is 3. The first-order valence-electron chi connectivity index (χ1n) is 8.70. The van der Waals surface area contributed by atoms with Gasteiger partial charge in [0.1, 0.15) is 12.4 Å². The molecule has 1 fully saturated rings. The Hall–Kier alpha value is -3.02. The summed E-state index contributed by atoms with van der Waals surface area (Å²) in [6, 6.07) is 17.1. The van der Waals surface area contributed by atoms with Gasteiger partial charge in [0.2, 0.25) is 5.91 Å². The van der Waals surface area contributed by atoms with Gasteiger partial charge in [-0.2, -0.15) is 0 Å². The van der Waals surface area contributed by atoms with Crippen LogP contribution in [0.1, 0.15) is 12.5 Å². The summed E-state index contributed by atoms with van der Waals surface area (Å²) in [4.78, 5) is 27.1. The summed E-state index contributed by atoms with van der Waals surface area (Å²) >= 11 is 0. The van der Waals surface area contributed by atoms with Crippen molar-refractivity contribution in [3.05, 3.63) is 60.2 Å². The average molecular weight is 353 g/mol. The number of amides is 3. The van der Waals surface area contributed by atoms with Crippen molar-refractivity contribution >= 4 is 17.6 Å². The number of nitrogens with one attached hydrogen (secondary N) is 1. The molecule has 2 aromatic carbocycles. The second-order valence-corrected chi connectivity index (χ2v) is 6.22. The summed E-state index contributed by atoms with van der Waals surface area (Å²) < 4.78 is 5.74. The number of carbonyl (C=O) groups is 2. The molecule has 1 aliphatic rings. The number of hydrogen-bond donors (Lipinski definition) is 1. The van der Waals surface area contributed by atoms with E-state index in [1.54, 1.807) is 16.7 Å². The molecule has 1 aliphatic heterocycles. The molecule has 0 aliphatic carbocycles. The lowest BCUT2D eigenvalue weighted by atomic mass is 10.2. The summed E-state index contributed by atoms with van der Waals surface area (Å²) in [5, 5.41) is 2.88. The van der Waals surface area contributed by atoms with Crippen LogP contribution in [0.25, 0.3) is 0 Å². The van der Waals surface area contributed by atoms with E-state index in [2.05, 4.69) is 5.32 Å². The van der Waals surface area contributed by atoms with Crippen LogP contribution in [-0.4, -0.2) is 47.9 Å². The number of rotatable bonds is 4. The van der Waals surface area contributed by atoms with E-state index in [0.717, 1.165) is 17.0 Å². The zero-order chi connectivity index (χ0) is 18.4. The van der Waals surface area contributed by atoms with E-state index in [1.807, 2.05) is 54.6 Å². The molecular formula is C20H23N3O3. The zero-order valence-corrected chi connectivity index (χ0v) is 14.9. The SMILES string of the molecule is CC(=O)N1CCN(C(=O)Nc2ccc(OCc3ccccc3)cc2)CC1. The van der Waals surface area contributed by atoms with Gasteiger partial charge < -0.3 is 19.9 Å². The van der Waals surface area contributed by atoms with E-state index < -0.39 is 0 Å². The topological polar surface area (TPSA) is 61.9 Å². The van der Waals surface area contributed by atoms with Gasteiger partial charge in [0.25, 0.3) is 0 Å². The van der Waals surface area contributed by atoms with Crippen molar-refractivity contribution in [3.63, 3.8) is 0 Å². The molecule has 0 bridgehead atoms. The molecule has 6 heteroatoms. The van der Waals surface area contributed by atoms with Gasteiger partial charge in [0, 0.05) is 38.8 Å². The fourth-order valence-electron chi connectivity index (χ4n) is 2.80. The molecule has 0 spiro atoms. The van der Waals surface area contributed by atoms with Crippen LogP contribution in [0.5, 0.6) is 5.75 Å². The Morgan fingerprint density at radius 2 is 1.54 bits per heavy atom. The molecular weight excluding hydrogens is 330 g/mol. The maximum Gasteiger partial charge on any atom is 0.321 e. The molecule has 0 radical (unpaired) electrons. The highest BCUT2D eigenvalue weighted by molar-refractivity contribution is 5.89. The Labute approximate surface area is 153 Å². The highest BCUT2D eigenvalue weighted by Crippen LogP contribution is 2.18. The van der Waals surface area contributed by atoms with E-state index in [1.165, 1.54) is 0 Å². The summed E-state index contributed by atoms with van der Waals surface area (Å²) in [7, 11) is 0. The molecule has 3 rings (SSSR count). The summed E-state index contributed by atoms with van der Waals surface area (Å²) in [6.07, 6.45) is 0. The number of benzene rings is 2. The third kappa shape index (κ3) is 4.75. The first kappa shape index (κ1) is 17.8. The van der Waals surface area contributed by atoms with Gasteiger partial charge in [0.15, 0.2) is 0 Å². The summed E-state index contributed by atoms with van der Waals surface area (Å²) in [6.45, 7) is 4.31. The Morgan fingerprint density at radius 1 is 0.923 bits per heavy atom. The smallest absolute Gasteiger partial charge is 0.321 e. The first-order valence-corrected chi connectivity index (χ1v) is 8.70. The maximum atomic E-state index is 12.3. The monoisotopic (exact) mass is 353 g/mol. The van der Waals surface area contributed by atoms with Crippen LogP contribution < -0.4 is 10.1 Å². The van der Waals surface area contributed by atoms with Crippen molar-refractivity contribution < 1.29 is 14.3 Å². The fourth-order valence-corrected chi connectivity index (χ4v) is 2.80. The fraction of sp³-hybridized carbons (Fsp3) is 0.300. The molecule has 3 amide bonds. The zero-order valence-electron chi connectivity index (χ0n) is 14.9. The second-order valence-electron chi connectivity index (χ2n) is 6.22. The quantitative estimate of drug-likeness (QED) is 0.919. The Kier molecular flexibility index (Phi) is 5.73. The van der Waals surface area contributed by atoms with Gasteiger partial charge in [-0.3, -0.25) is 4.79 Å². The lowest BCUT2D eigenvalue weighted by molar-refractivity contribution is -0.130. The van der Waals surface area contributed by atoms with Crippen molar-refractivity contribution in [1.29, 1.82) is 0 Å². The molecule has 0 atom stereocenters. The van der Waals surface area contributed by atoms with Crippen molar-refractivity contribution in [1.82, 2.24) is 9.80 Å². The number of ether oxygens (including phenoxy) is 1. The van der Waals surface area contributed by atoms with Crippen LogP contribution in [0, 0.1) is 0 Å². The molecule has 136 valence electrons. The predicted molar refractivity (Wildman–Crippen MR) is 100 cm³/mol. The van der Waals surface area contributed by atoms with Crippen molar-refractivity contribution in [2.75, 3.05) is 31.5 Å². The van der Waals surface area contributed by atoms with Crippen molar-refractivity contribution in [2.45, 2.75) is 13.5 Å². The molecule has 2 aromatic rings. The van der Waals surface area contributed by atoms with Crippen molar-refractivity contribution in [3.8, 4) is 5.75 Å². The predicted octanol–water partition coefficient (Wildman–Crippen LogP) is 2.96. The number of carbonyl (C=O) groups excluding carboxylic acids is 2. The number of piperazine rings is 1. The highest BCUT2D eigenvalue weighted by atomic mass is 16.5. The van der Waals surface area contributed by atoms with E-state index >= 15 is 0 Å². The molecule has 0 saturated carbocycles. The van der Waals surface area contributed by atoms with Gasteiger partial charge in [-0.25, -0.2) is 4.79 Å². The Balaban J connectivity index is 1.48. The standard InChI is InChI=1S/C20H23N3O3/c1-16(24)22-11-13-23(14-12-22)20(25)21-18-7-9-19(10-8-18)26-15-17-5-3-2-4-6-17/h2-10H,11-15H2,1H3,(H,21,25). The van der Waals surface area contributed by atoms with Gasteiger partial charge in [-0.1, -0.05) is 30.3 Å². The number of urea groups is 1. The molecule has 26 heavy (non-hydrogen) atoms. The van der Waals surface area contributed by atoms with Gasteiger partial charge in [-0.05, 0) is 29.8 Å². The number of nitrogens with zero attached hydrogens (tertiary/aromatic N) is 2. The second kappa shape index (κ2) is 8.38. The third-order valence-corrected chi connectivity index (χ3v) is 4.37. The average Bonchev–Trinajstić information content (AvgIpc) is 2.68. The molecule has 6 nitrogen and oxygen atoms in total. The highest BCUT2D eigenvalue weighted by Gasteiger charge is 2.22. The van der Waals surface area contributed by atoms with Crippen LogP contribution in [0.2, 0.25) is 0 Å². The van der Waals surface area contributed by atoms with E-state index in [-0.39, 0.29) is 11.9 Å². The van der Waals surface area contributed by atoms with Crippen LogP contribution in [0.15, 0.2) is 54.6 Å². The Bertz CT molecular complexity index is 739. The minimum Gasteiger partial charge on any atom is -0.489 e. The normalized spacial score (nSPS) is 14.0. The molecule has 0 aromatic heterocycles. The largest absolute Gasteiger partial charge is 0.489 e. The van der Waals surface area contributed by atoms with Crippen molar-refractivity contribution in [2.24, 2.45) is 0 Å². The molecule has 1 saturated heterocycles. The molecule has 0 unspecified atom stereocenters. The van der Waals surface area contributed by atoms with Crippen LogP contribution in [0.4, 0.5) is 10.5 Å². The van der Waals surface area contributed by atoms with Crippen LogP contribution in [-0.2, 0) is 11.4 Å². The maximum absolute atomic E-state index is 12.3. The molecule has 1 N–H and O–H groups in total. The Morgan fingerprint density at radius 3 is 2.15 bits per heavy atom. The van der Waals surface area contributed by atoms with Crippen LogP contribution in [0.3, 0.4) is 0 Å². The third-order valence-electron chi connectivity index (χ3n) is 4.37. The van der Waals surface area contributed by atoms with Crippen LogP contribution >= 0.6 is 0 Å². The van der Waals surface area contributed by atoms with E-state index in [4.69, 9.17) is 4.74 Å². The summed E-state index contributed by atoms with van der Waals surface area (Å²) in [5.41, 5.74) is 1.82. The van der Waals surface area contributed by atoms with Gasteiger partial charge in [0.05, 0.1) is 0 Å². The lowest BCUT2D eigenvalue weighted by Crippen LogP contribution is -2.51. The van der Waals surface area contributed by atoms with E-state index in [9.17, 15) is 9.59 Å².